The molecule has 1 aliphatic rings. The Bertz CT molecular complexity index is 985. The number of hydrogen-bond donors (Lipinski definition) is 1. The second-order valence-corrected chi connectivity index (χ2v) is 8.98. The molecule has 4 rings (SSSR count). The number of carbonyl (C=O) groups excluding carboxylic acids is 2. The molecule has 154 valence electrons. The number of piperazine rings is 1. The minimum atomic E-state index is 0.0535. The number of anilines is 1. The highest BCUT2D eigenvalue weighted by atomic mass is 32.2. The standard InChI is InChI=1S/C23H23N3O2S2/c27-22(25-12-14-26(15-13-25)23(28)21-11-6-16-29-21)17-24-19-9-4-5-10-20(19)30-18-7-2-1-3-8-18/h1-11,16,24H,12-15,17H2. The molecule has 5 nitrogen and oxygen atoms in total. The molecule has 2 heterocycles. The van der Waals surface area contributed by atoms with Crippen LogP contribution in [0.25, 0.3) is 0 Å². The number of hydrogen-bond acceptors (Lipinski definition) is 5. The molecule has 0 atom stereocenters. The first-order valence-electron chi connectivity index (χ1n) is 9.87. The maximum atomic E-state index is 12.7. The monoisotopic (exact) mass is 437 g/mol. The highest BCUT2D eigenvalue weighted by molar-refractivity contribution is 7.99. The van der Waals surface area contributed by atoms with Gasteiger partial charge in [0, 0.05) is 41.7 Å². The zero-order valence-electron chi connectivity index (χ0n) is 16.5. The normalized spacial score (nSPS) is 13.9. The topological polar surface area (TPSA) is 52.7 Å². The zero-order chi connectivity index (χ0) is 20.8. The molecule has 1 fully saturated rings. The lowest BCUT2D eigenvalue weighted by atomic mass is 10.2. The van der Waals surface area contributed by atoms with Crippen molar-refractivity contribution >= 4 is 40.6 Å². The molecule has 0 radical (unpaired) electrons. The van der Waals surface area contributed by atoms with E-state index in [9.17, 15) is 9.59 Å². The smallest absolute Gasteiger partial charge is 0.264 e. The van der Waals surface area contributed by atoms with Crippen molar-refractivity contribution in [2.45, 2.75) is 9.79 Å². The van der Waals surface area contributed by atoms with Crippen LogP contribution in [0.15, 0.2) is 81.9 Å². The van der Waals surface area contributed by atoms with E-state index in [0.717, 1.165) is 20.4 Å². The summed E-state index contributed by atoms with van der Waals surface area (Å²) in [7, 11) is 0. The number of thiophene rings is 1. The Morgan fingerprint density at radius 3 is 2.30 bits per heavy atom. The van der Waals surface area contributed by atoms with Crippen molar-refractivity contribution in [3.05, 3.63) is 77.0 Å². The van der Waals surface area contributed by atoms with E-state index < -0.39 is 0 Å². The van der Waals surface area contributed by atoms with Crippen molar-refractivity contribution in [1.82, 2.24) is 9.80 Å². The van der Waals surface area contributed by atoms with E-state index in [1.165, 1.54) is 11.3 Å². The number of nitrogens with zero attached hydrogens (tertiary/aromatic N) is 2. The molecule has 0 saturated carbocycles. The minimum Gasteiger partial charge on any atom is -0.375 e. The summed E-state index contributed by atoms with van der Waals surface area (Å²) in [5.41, 5.74) is 0.950. The first kappa shape index (κ1) is 20.5. The van der Waals surface area contributed by atoms with Crippen LogP contribution in [-0.2, 0) is 4.79 Å². The van der Waals surface area contributed by atoms with Crippen LogP contribution in [0.1, 0.15) is 9.67 Å². The van der Waals surface area contributed by atoms with E-state index in [-0.39, 0.29) is 18.4 Å². The molecule has 0 aliphatic carbocycles. The van der Waals surface area contributed by atoms with Gasteiger partial charge >= 0.3 is 0 Å². The molecule has 7 heteroatoms. The van der Waals surface area contributed by atoms with Crippen LogP contribution < -0.4 is 5.32 Å². The summed E-state index contributed by atoms with van der Waals surface area (Å²) in [6, 6.07) is 21.9. The maximum Gasteiger partial charge on any atom is 0.264 e. The van der Waals surface area contributed by atoms with Gasteiger partial charge in [-0.1, -0.05) is 48.2 Å². The first-order valence-corrected chi connectivity index (χ1v) is 11.6. The Labute approximate surface area is 184 Å². The van der Waals surface area contributed by atoms with E-state index in [0.29, 0.717) is 26.2 Å². The molecule has 2 amide bonds. The van der Waals surface area contributed by atoms with Gasteiger partial charge in [-0.2, -0.15) is 0 Å². The second-order valence-electron chi connectivity index (χ2n) is 6.92. The van der Waals surface area contributed by atoms with Gasteiger partial charge in [0.2, 0.25) is 5.91 Å². The number of rotatable bonds is 6. The van der Waals surface area contributed by atoms with Gasteiger partial charge in [0.05, 0.1) is 11.4 Å². The number of amides is 2. The molecule has 0 unspecified atom stereocenters. The molecule has 1 N–H and O–H groups in total. The summed E-state index contributed by atoms with van der Waals surface area (Å²) in [6.45, 7) is 2.52. The SMILES string of the molecule is O=C(CNc1ccccc1Sc1ccccc1)N1CCN(C(=O)c2cccs2)CC1. The highest BCUT2D eigenvalue weighted by Crippen LogP contribution is 2.33. The third-order valence-electron chi connectivity index (χ3n) is 4.94. The number of benzene rings is 2. The summed E-state index contributed by atoms with van der Waals surface area (Å²) >= 11 is 3.13. The van der Waals surface area contributed by atoms with Crippen molar-refractivity contribution in [2.75, 3.05) is 38.0 Å². The third kappa shape index (κ3) is 5.04. The van der Waals surface area contributed by atoms with Gasteiger partial charge in [-0.3, -0.25) is 9.59 Å². The Kier molecular flexibility index (Phi) is 6.71. The van der Waals surface area contributed by atoms with Crippen molar-refractivity contribution in [3.63, 3.8) is 0 Å². The molecule has 0 spiro atoms. The highest BCUT2D eigenvalue weighted by Gasteiger charge is 2.25. The van der Waals surface area contributed by atoms with E-state index >= 15 is 0 Å². The van der Waals surface area contributed by atoms with Crippen LogP contribution in [0, 0.1) is 0 Å². The Balaban J connectivity index is 1.30. The molecule has 1 aromatic heterocycles. The summed E-state index contributed by atoms with van der Waals surface area (Å²) in [5.74, 6) is 0.111. The molecule has 0 bridgehead atoms. The van der Waals surface area contributed by atoms with Gasteiger partial charge in [0.1, 0.15) is 0 Å². The van der Waals surface area contributed by atoms with E-state index in [1.54, 1.807) is 11.8 Å². The predicted octanol–water partition coefficient (Wildman–Crippen LogP) is 4.30. The molecule has 1 aliphatic heterocycles. The van der Waals surface area contributed by atoms with Crippen LogP contribution in [0.3, 0.4) is 0 Å². The van der Waals surface area contributed by atoms with Crippen molar-refractivity contribution in [1.29, 1.82) is 0 Å². The lowest BCUT2D eigenvalue weighted by molar-refractivity contribution is -0.130. The van der Waals surface area contributed by atoms with Crippen LogP contribution in [0.2, 0.25) is 0 Å². The lowest BCUT2D eigenvalue weighted by Gasteiger charge is -2.34. The molecule has 2 aromatic carbocycles. The minimum absolute atomic E-state index is 0.0535. The average molecular weight is 438 g/mol. The fourth-order valence-corrected chi connectivity index (χ4v) is 4.95. The largest absolute Gasteiger partial charge is 0.375 e. The van der Waals surface area contributed by atoms with Gasteiger partial charge in [0.25, 0.3) is 5.91 Å². The van der Waals surface area contributed by atoms with Crippen molar-refractivity contribution in [2.24, 2.45) is 0 Å². The number of para-hydroxylation sites is 1. The van der Waals surface area contributed by atoms with Gasteiger partial charge in [-0.05, 0) is 35.7 Å². The molecular weight excluding hydrogens is 414 g/mol. The van der Waals surface area contributed by atoms with Crippen LogP contribution in [-0.4, -0.2) is 54.3 Å². The molecule has 1 saturated heterocycles. The maximum absolute atomic E-state index is 12.7. The summed E-state index contributed by atoms with van der Waals surface area (Å²) in [5, 5.41) is 5.21. The van der Waals surface area contributed by atoms with Gasteiger partial charge < -0.3 is 15.1 Å². The predicted molar refractivity (Wildman–Crippen MR) is 122 cm³/mol. The van der Waals surface area contributed by atoms with Crippen LogP contribution in [0.4, 0.5) is 5.69 Å². The quantitative estimate of drug-likeness (QED) is 0.625. The molecular formula is C23H23N3O2S2. The summed E-state index contributed by atoms with van der Waals surface area (Å²) in [4.78, 5) is 31.8. The van der Waals surface area contributed by atoms with Crippen LogP contribution >= 0.6 is 23.1 Å². The van der Waals surface area contributed by atoms with Crippen LogP contribution in [0.5, 0.6) is 0 Å². The fourth-order valence-electron chi connectivity index (χ4n) is 3.31. The Hall–Kier alpha value is -2.77. The summed E-state index contributed by atoms with van der Waals surface area (Å²) in [6.07, 6.45) is 0. The van der Waals surface area contributed by atoms with Gasteiger partial charge in [0.15, 0.2) is 0 Å². The average Bonchev–Trinajstić information content (AvgIpc) is 3.34. The van der Waals surface area contributed by atoms with E-state index in [4.69, 9.17) is 0 Å². The number of carbonyl (C=O) groups is 2. The molecule has 3 aromatic rings. The van der Waals surface area contributed by atoms with E-state index in [2.05, 4.69) is 23.5 Å². The third-order valence-corrected chi connectivity index (χ3v) is 6.88. The van der Waals surface area contributed by atoms with Crippen molar-refractivity contribution in [3.8, 4) is 0 Å². The van der Waals surface area contributed by atoms with Gasteiger partial charge in [-0.25, -0.2) is 0 Å². The Morgan fingerprint density at radius 2 is 1.57 bits per heavy atom. The van der Waals surface area contributed by atoms with Gasteiger partial charge in [-0.15, -0.1) is 11.3 Å². The Morgan fingerprint density at radius 1 is 0.867 bits per heavy atom. The molecule has 30 heavy (non-hydrogen) atoms. The lowest BCUT2D eigenvalue weighted by Crippen LogP contribution is -2.51. The first-order chi connectivity index (χ1) is 14.7. The number of nitrogens with one attached hydrogen (secondary N) is 1. The van der Waals surface area contributed by atoms with E-state index in [1.807, 2.05) is 63.7 Å². The van der Waals surface area contributed by atoms with Crippen molar-refractivity contribution < 1.29 is 9.59 Å². The summed E-state index contributed by atoms with van der Waals surface area (Å²) < 4.78 is 0. The fraction of sp³-hybridized carbons (Fsp3) is 0.217. The zero-order valence-corrected chi connectivity index (χ0v) is 18.1. The second kappa shape index (κ2) is 9.82.